The van der Waals surface area contributed by atoms with Crippen LogP contribution in [0.1, 0.15) is 36.9 Å². The summed E-state index contributed by atoms with van der Waals surface area (Å²) in [7, 11) is 0. The van der Waals surface area contributed by atoms with Crippen LogP contribution in [0.15, 0.2) is 54.6 Å². The molecule has 3 nitrogen and oxygen atoms in total. The molecule has 0 amide bonds. The minimum atomic E-state index is 0.249. The van der Waals surface area contributed by atoms with Crippen molar-refractivity contribution in [1.29, 1.82) is 0 Å². The molecule has 1 heterocycles. The molecule has 2 atom stereocenters. The highest BCUT2D eigenvalue weighted by Gasteiger charge is 2.17. The summed E-state index contributed by atoms with van der Waals surface area (Å²) in [5, 5.41) is 3.60. The van der Waals surface area contributed by atoms with Gasteiger partial charge in [-0.1, -0.05) is 48.5 Å². The zero-order valence-corrected chi connectivity index (χ0v) is 14.4. The molecule has 0 saturated carbocycles. The van der Waals surface area contributed by atoms with Crippen LogP contribution in [-0.4, -0.2) is 25.9 Å². The van der Waals surface area contributed by atoms with Crippen LogP contribution in [0.4, 0.5) is 0 Å². The normalized spacial score (nSPS) is 18.5. The van der Waals surface area contributed by atoms with Crippen molar-refractivity contribution < 1.29 is 9.47 Å². The van der Waals surface area contributed by atoms with Crippen molar-refractivity contribution in [2.45, 2.75) is 38.3 Å². The van der Waals surface area contributed by atoms with Crippen molar-refractivity contribution in [2.75, 3.05) is 19.8 Å². The van der Waals surface area contributed by atoms with Crippen LogP contribution in [0, 0.1) is 0 Å². The van der Waals surface area contributed by atoms with Gasteiger partial charge in [0.1, 0.15) is 12.4 Å². The molecule has 0 bridgehead atoms. The van der Waals surface area contributed by atoms with Crippen LogP contribution < -0.4 is 10.1 Å². The van der Waals surface area contributed by atoms with E-state index >= 15 is 0 Å². The van der Waals surface area contributed by atoms with E-state index in [1.165, 1.54) is 11.1 Å². The maximum atomic E-state index is 6.04. The molecule has 0 radical (unpaired) electrons. The third kappa shape index (κ3) is 4.83. The first-order chi connectivity index (χ1) is 11.8. The van der Waals surface area contributed by atoms with E-state index in [4.69, 9.17) is 9.47 Å². The minimum absolute atomic E-state index is 0.249. The van der Waals surface area contributed by atoms with Gasteiger partial charge in [0, 0.05) is 18.2 Å². The standard InChI is InChI=1S/C21H27NO2/c1-17(22-14-13-18-8-3-2-4-9-18)20-11-5-6-12-21(20)24-16-19-10-7-15-23-19/h2-6,8-9,11-12,17,19,22H,7,10,13-16H2,1H3. The maximum Gasteiger partial charge on any atom is 0.124 e. The topological polar surface area (TPSA) is 30.5 Å². The van der Waals surface area contributed by atoms with Crippen molar-refractivity contribution in [3.63, 3.8) is 0 Å². The first kappa shape index (κ1) is 17.0. The lowest BCUT2D eigenvalue weighted by molar-refractivity contribution is 0.0674. The SMILES string of the molecule is CC(NCCc1ccccc1)c1ccccc1OCC1CCCO1. The minimum Gasteiger partial charge on any atom is -0.491 e. The van der Waals surface area contributed by atoms with Crippen LogP contribution in [0.2, 0.25) is 0 Å². The van der Waals surface area contributed by atoms with Crippen LogP contribution in [0.5, 0.6) is 5.75 Å². The highest BCUT2D eigenvalue weighted by molar-refractivity contribution is 5.35. The Balaban J connectivity index is 1.52. The molecule has 24 heavy (non-hydrogen) atoms. The molecule has 0 aromatic heterocycles. The Bertz CT molecular complexity index is 608. The molecule has 3 heteroatoms. The molecule has 1 N–H and O–H groups in total. The van der Waals surface area contributed by atoms with Crippen molar-refractivity contribution in [3.05, 3.63) is 65.7 Å². The van der Waals surface area contributed by atoms with Gasteiger partial charge in [0.25, 0.3) is 0 Å². The average molecular weight is 325 g/mol. The number of para-hydroxylation sites is 1. The fraction of sp³-hybridized carbons (Fsp3) is 0.429. The molecule has 1 saturated heterocycles. The van der Waals surface area contributed by atoms with E-state index in [-0.39, 0.29) is 12.1 Å². The van der Waals surface area contributed by atoms with Gasteiger partial charge in [-0.3, -0.25) is 0 Å². The summed E-state index contributed by atoms with van der Waals surface area (Å²) in [6, 6.07) is 19.1. The Morgan fingerprint density at radius 1 is 1.12 bits per heavy atom. The summed E-state index contributed by atoms with van der Waals surface area (Å²) >= 11 is 0. The molecule has 2 unspecified atom stereocenters. The third-order valence-corrected chi connectivity index (χ3v) is 4.54. The number of nitrogens with one attached hydrogen (secondary N) is 1. The number of hydrogen-bond acceptors (Lipinski definition) is 3. The van der Waals surface area contributed by atoms with Crippen molar-refractivity contribution in [3.8, 4) is 5.75 Å². The van der Waals surface area contributed by atoms with Crippen LogP contribution in [-0.2, 0) is 11.2 Å². The molecule has 0 aliphatic carbocycles. The van der Waals surface area contributed by atoms with Gasteiger partial charge in [-0.25, -0.2) is 0 Å². The zero-order chi connectivity index (χ0) is 16.6. The van der Waals surface area contributed by atoms with Gasteiger partial charge in [0.2, 0.25) is 0 Å². The van der Waals surface area contributed by atoms with Gasteiger partial charge in [0.15, 0.2) is 0 Å². The molecule has 2 aromatic rings. The maximum absolute atomic E-state index is 6.04. The van der Waals surface area contributed by atoms with Gasteiger partial charge in [0.05, 0.1) is 6.10 Å². The summed E-state index contributed by atoms with van der Waals surface area (Å²) in [6.45, 7) is 4.66. The van der Waals surface area contributed by atoms with E-state index < -0.39 is 0 Å². The van der Waals surface area contributed by atoms with Crippen molar-refractivity contribution in [1.82, 2.24) is 5.32 Å². The summed E-state index contributed by atoms with van der Waals surface area (Å²) in [5.74, 6) is 0.965. The smallest absolute Gasteiger partial charge is 0.124 e. The fourth-order valence-corrected chi connectivity index (χ4v) is 3.12. The average Bonchev–Trinajstić information content (AvgIpc) is 3.14. The summed E-state index contributed by atoms with van der Waals surface area (Å²) in [4.78, 5) is 0. The molecule has 1 fully saturated rings. The van der Waals surface area contributed by atoms with E-state index in [1.807, 2.05) is 6.07 Å². The molecule has 3 rings (SSSR count). The predicted octanol–water partition coefficient (Wildman–Crippen LogP) is 4.14. The second-order valence-electron chi connectivity index (χ2n) is 6.40. The second kappa shape index (κ2) is 8.86. The lowest BCUT2D eigenvalue weighted by atomic mass is 10.1. The molecule has 1 aliphatic heterocycles. The number of benzene rings is 2. The first-order valence-electron chi connectivity index (χ1n) is 8.93. The largest absolute Gasteiger partial charge is 0.491 e. The molecular formula is C21H27NO2. The Morgan fingerprint density at radius 3 is 2.71 bits per heavy atom. The second-order valence-corrected chi connectivity index (χ2v) is 6.40. The summed E-state index contributed by atoms with van der Waals surface area (Å²) in [5.41, 5.74) is 2.57. The number of rotatable bonds is 8. The lowest BCUT2D eigenvalue weighted by Gasteiger charge is -2.19. The van der Waals surface area contributed by atoms with E-state index in [0.717, 1.165) is 38.2 Å². The van der Waals surface area contributed by atoms with E-state index in [0.29, 0.717) is 6.61 Å². The van der Waals surface area contributed by atoms with Crippen LogP contribution >= 0.6 is 0 Å². The fourth-order valence-electron chi connectivity index (χ4n) is 3.12. The van der Waals surface area contributed by atoms with E-state index in [2.05, 4.69) is 60.8 Å². The Hall–Kier alpha value is -1.84. The molecule has 1 aliphatic rings. The third-order valence-electron chi connectivity index (χ3n) is 4.54. The van der Waals surface area contributed by atoms with E-state index in [1.54, 1.807) is 0 Å². The first-order valence-corrected chi connectivity index (χ1v) is 8.93. The quantitative estimate of drug-likeness (QED) is 0.791. The highest BCUT2D eigenvalue weighted by atomic mass is 16.5. The molecule has 128 valence electrons. The number of ether oxygens (including phenoxy) is 2. The van der Waals surface area contributed by atoms with Gasteiger partial charge in [-0.15, -0.1) is 0 Å². The van der Waals surface area contributed by atoms with Crippen molar-refractivity contribution in [2.24, 2.45) is 0 Å². The monoisotopic (exact) mass is 325 g/mol. The van der Waals surface area contributed by atoms with Gasteiger partial charge < -0.3 is 14.8 Å². The molecular weight excluding hydrogens is 298 g/mol. The summed E-state index contributed by atoms with van der Waals surface area (Å²) in [6.07, 6.45) is 3.53. The number of hydrogen-bond donors (Lipinski definition) is 1. The molecule has 0 spiro atoms. The predicted molar refractivity (Wildman–Crippen MR) is 97.5 cm³/mol. The zero-order valence-electron chi connectivity index (χ0n) is 14.4. The molecule has 2 aromatic carbocycles. The van der Waals surface area contributed by atoms with Gasteiger partial charge in [-0.2, -0.15) is 0 Å². The lowest BCUT2D eigenvalue weighted by Crippen LogP contribution is -2.23. The Morgan fingerprint density at radius 2 is 1.92 bits per heavy atom. The van der Waals surface area contributed by atoms with Gasteiger partial charge >= 0.3 is 0 Å². The Kier molecular flexibility index (Phi) is 6.27. The van der Waals surface area contributed by atoms with Crippen LogP contribution in [0.3, 0.4) is 0 Å². The van der Waals surface area contributed by atoms with E-state index in [9.17, 15) is 0 Å². The Labute approximate surface area is 145 Å². The van der Waals surface area contributed by atoms with Crippen LogP contribution in [0.25, 0.3) is 0 Å². The van der Waals surface area contributed by atoms with Gasteiger partial charge in [-0.05, 0) is 44.4 Å². The van der Waals surface area contributed by atoms with Crippen molar-refractivity contribution >= 4 is 0 Å². The highest BCUT2D eigenvalue weighted by Crippen LogP contribution is 2.25. The summed E-state index contributed by atoms with van der Waals surface area (Å²) < 4.78 is 11.7.